The number of nitrogens with zero attached hydrogens (tertiary/aromatic N) is 3. The second-order valence-electron chi connectivity index (χ2n) is 24.4. The fourth-order valence-corrected chi connectivity index (χ4v) is 15.4. The summed E-state index contributed by atoms with van der Waals surface area (Å²) < 4.78 is 0. The Balaban J connectivity index is 0.000000336. The Hall–Kier alpha value is -10.6. The molecule has 8 atom stereocenters. The van der Waals surface area contributed by atoms with E-state index in [-0.39, 0.29) is 92.0 Å². The third-order valence-corrected chi connectivity index (χ3v) is 21.1. The average molecular weight is 1550 g/mol. The largest absolute Gasteiger partial charge is 0.481 e. The molecule has 0 radical (unpaired) electrons. The Morgan fingerprint density at radius 1 is 0.528 bits per heavy atom. The van der Waals surface area contributed by atoms with Gasteiger partial charge in [0, 0.05) is 90.3 Å². The highest BCUT2D eigenvalue weighted by atomic mass is 33.1. The monoisotopic (exact) mass is 1550 g/mol. The summed E-state index contributed by atoms with van der Waals surface area (Å²) in [5, 5.41) is 46.2. The number of hydrogen-bond acceptors (Lipinski definition) is 21. The van der Waals surface area contributed by atoms with Crippen molar-refractivity contribution in [1.82, 2.24) is 57.7 Å². The number of anilines is 1. The summed E-state index contributed by atoms with van der Waals surface area (Å²) in [6.45, 7) is -0.541. The van der Waals surface area contributed by atoms with E-state index in [1.807, 2.05) is 18.2 Å². The third-order valence-electron chi connectivity index (χ3n) is 16.3. The second kappa shape index (κ2) is 43.0. The second-order valence-corrected chi connectivity index (χ2v) is 29.6. The zero-order valence-corrected chi connectivity index (χ0v) is 60.7. The summed E-state index contributed by atoms with van der Waals surface area (Å²) in [5.41, 5.74) is 34.2. The molecule has 41 heteroatoms. The first kappa shape index (κ1) is 84.4. The lowest BCUT2D eigenvalue weighted by atomic mass is 10.0. The molecule has 3 aromatic carbocycles. The lowest BCUT2D eigenvalue weighted by Crippen LogP contribution is -2.59. The van der Waals surface area contributed by atoms with Gasteiger partial charge in [-0.15, -0.1) is 0 Å². The van der Waals surface area contributed by atoms with Gasteiger partial charge in [0.1, 0.15) is 48.3 Å². The molecule has 25 N–H and O–H groups in total. The molecule has 37 nitrogen and oxygen atoms in total. The van der Waals surface area contributed by atoms with Crippen molar-refractivity contribution in [3.8, 4) is 0 Å². The number of H-pyrrole nitrogens is 1. The number of carboxylic acid groups (broad SMARTS) is 2. The van der Waals surface area contributed by atoms with Gasteiger partial charge in [0.2, 0.25) is 70.9 Å². The number of unbranched alkanes of at least 4 members (excludes halogenated alkanes) is 2. The van der Waals surface area contributed by atoms with Gasteiger partial charge in [-0.25, -0.2) is 0 Å². The number of nitrogens with two attached hydrogens (primary N) is 6. The fourth-order valence-electron chi connectivity index (χ4n) is 11.1. The minimum atomic E-state index is -1.68. The molecule has 0 saturated carbocycles. The minimum Gasteiger partial charge on any atom is -0.481 e. The topological polar surface area (TPSA) is 617 Å². The number of nitrogens with one attached hydrogen (secondary N) is 11. The third kappa shape index (κ3) is 28.1. The van der Waals surface area contributed by atoms with Crippen LogP contribution in [0.25, 0.3) is 21.7 Å². The number of aromatic amines is 1. The van der Waals surface area contributed by atoms with E-state index >= 15 is 0 Å². The molecule has 13 amide bonds. The van der Waals surface area contributed by atoms with Gasteiger partial charge in [-0.05, 0) is 85.9 Å². The van der Waals surface area contributed by atoms with Gasteiger partial charge in [0.25, 0.3) is 5.91 Å². The fraction of sp³-hybridized carbons (Fsp3) is 0.462. The molecule has 1 unspecified atom stereocenters. The van der Waals surface area contributed by atoms with Crippen molar-refractivity contribution in [2.45, 2.75) is 132 Å². The summed E-state index contributed by atoms with van der Waals surface area (Å²) in [6.07, 6.45) is 2.84. The predicted octanol–water partition coefficient (Wildman–Crippen LogP) is -2.90. The number of primary amides is 2. The van der Waals surface area contributed by atoms with E-state index in [1.165, 1.54) is 54.1 Å². The lowest BCUT2D eigenvalue weighted by molar-refractivity contribution is -0.143. The van der Waals surface area contributed by atoms with Crippen LogP contribution in [-0.2, 0) is 73.5 Å². The Morgan fingerprint density at radius 2 is 1.04 bits per heavy atom. The number of carboxylic acids is 2. The number of aromatic nitrogens is 1. The molecule has 2 fully saturated rings. The average Bonchev–Trinajstić information content (AvgIpc) is 1.32. The summed E-state index contributed by atoms with van der Waals surface area (Å²) in [4.78, 5) is 207. The number of aliphatic imine (C=N–C) groups is 2. The number of aliphatic carboxylic acids is 2. The Bertz CT molecular complexity index is 3930. The van der Waals surface area contributed by atoms with Crippen LogP contribution in [0.3, 0.4) is 0 Å². The number of benzene rings is 3. The van der Waals surface area contributed by atoms with E-state index in [0.29, 0.717) is 60.7 Å². The zero-order chi connectivity index (χ0) is 77.4. The summed E-state index contributed by atoms with van der Waals surface area (Å²) in [7, 11) is 4.93. The predicted molar refractivity (Wildman–Crippen MR) is 399 cm³/mol. The molecule has 3 aliphatic heterocycles. The van der Waals surface area contributed by atoms with Crippen LogP contribution in [0.2, 0.25) is 0 Å². The van der Waals surface area contributed by atoms with Gasteiger partial charge in [-0.2, -0.15) is 0 Å². The van der Waals surface area contributed by atoms with Crippen LogP contribution in [0.15, 0.2) is 76.8 Å². The quantitative estimate of drug-likeness (QED) is 0.0206. The van der Waals surface area contributed by atoms with E-state index in [9.17, 15) is 82.1 Å². The van der Waals surface area contributed by atoms with Crippen LogP contribution in [0.1, 0.15) is 93.0 Å². The molecule has 3 aliphatic rings. The summed E-state index contributed by atoms with van der Waals surface area (Å²) in [6, 6.07) is 7.10. The molecular weight excluding hydrogens is 1460 g/mol. The van der Waals surface area contributed by atoms with Crippen molar-refractivity contribution in [2.24, 2.45) is 44.4 Å². The van der Waals surface area contributed by atoms with Gasteiger partial charge in [0.15, 0.2) is 11.9 Å². The van der Waals surface area contributed by atoms with E-state index in [0.717, 1.165) is 10.9 Å². The smallest absolute Gasteiger partial charge is 0.305 e. The molecule has 1 aromatic heterocycles. The number of amides is 13. The van der Waals surface area contributed by atoms with E-state index < -0.39 is 163 Å². The molecular formula is C65H88N20O17S4. The molecule has 2 saturated heterocycles. The van der Waals surface area contributed by atoms with Crippen LogP contribution < -0.4 is 87.6 Å². The van der Waals surface area contributed by atoms with Gasteiger partial charge >= 0.3 is 11.9 Å². The van der Waals surface area contributed by atoms with Gasteiger partial charge in [0.05, 0.1) is 25.9 Å². The Labute approximate surface area is 623 Å². The van der Waals surface area contributed by atoms with Crippen molar-refractivity contribution in [2.75, 3.05) is 61.1 Å². The van der Waals surface area contributed by atoms with Crippen LogP contribution in [-0.4, -0.2) is 225 Å². The number of para-hydroxylation sites is 1. The number of fused-ring (bicyclic) bond motifs is 6. The SMILES string of the molecule is NC(=O)[C@@H]1CSSCCC(=O)N[C@@H](CCCCN=C(N)N)C(=O)NCC(=O)N[C@@H](CC(=O)O)C(=O)NC(Cc2c[nH]c3ccccc23)C(=O)N2CCC[C@H]2C(=O)N1.NC(=O)[C@@H]1CSSCCC(=O)N[C@@H](CCCCN=C(N)N)C(=O)NCC(=O)N[C@@H](CC(=O)O)C(=O)Nc2cc(c3ccccc3c2)C(=O)N1. The van der Waals surface area contributed by atoms with E-state index in [2.05, 4.69) is 68.1 Å². The first-order valence-electron chi connectivity index (χ1n) is 33.5. The molecule has 106 heavy (non-hydrogen) atoms. The molecule has 2 bridgehead atoms. The normalized spacial score (nSPS) is 22.1. The van der Waals surface area contributed by atoms with Gasteiger partial charge in [-0.3, -0.25) is 81.9 Å². The highest BCUT2D eigenvalue weighted by molar-refractivity contribution is 8.77. The van der Waals surface area contributed by atoms with Gasteiger partial charge < -0.3 is 108 Å². The van der Waals surface area contributed by atoms with Crippen molar-refractivity contribution >= 4 is 171 Å². The number of rotatable bonds is 18. The van der Waals surface area contributed by atoms with Crippen molar-refractivity contribution < 1.29 is 82.1 Å². The van der Waals surface area contributed by atoms with Crippen molar-refractivity contribution in [1.29, 1.82) is 0 Å². The molecule has 4 aromatic rings. The number of hydrogen-bond donors (Lipinski definition) is 19. The molecule has 4 heterocycles. The number of carbonyl (C=O) groups is 15. The maximum Gasteiger partial charge on any atom is 0.305 e. The highest BCUT2D eigenvalue weighted by Crippen LogP contribution is 2.29. The standard InChI is InChI=1S/C35H49N11O9S2.C30H39N9O8S2/c36-30(51)25-18-57-56-13-10-27(47)42-22(8-3-4-11-39-35(37)38)31(52)41-17-28(48)43-23(15-29(49)50)32(53)44-24(14-19-16-40-21-7-2-1-6-20(19)21)34(55)46-12-5-9-26(46)33(54)45-25;31-26(44)22-15-49-48-10-8-23(40)37-20(7-3-4-9-34-30(32)33)28(46)35-14-24(41)38-21(13-25(42)43)29(47)36-17-11-16-5-1-2-6-18(16)19(12-17)27(45)39-22/h1-2,6-7,16,22-26,40H,3-5,8-15,17-18H2,(H2,36,51)(H,41,52)(H,42,47)(H,43,48)(H,44,53)(H,45,54)(H,49,50)(H4,37,38,39);1-2,5-6,11-12,20-22H,3-4,7-10,13-15H2,(H2,31,44)(H,35,46)(H,36,47)(H,37,40)(H,38,41)(H,39,45)(H,42,43)(H4,32,33,34)/t22-,23-,24?,25-,26-;20-,21-,22-/m00/s1. The lowest BCUT2D eigenvalue weighted by Gasteiger charge is -2.30. The first-order valence-corrected chi connectivity index (χ1v) is 38.5. The van der Waals surface area contributed by atoms with Crippen LogP contribution >= 0.6 is 43.2 Å². The number of carbonyl (C=O) groups excluding carboxylic acids is 13. The highest BCUT2D eigenvalue weighted by Gasteiger charge is 2.40. The molecule has 0 aliphatic carbocycles. The minimum absolute atomic E-state index is 0.00823. The maximum absolute atomic E-state index is 14.3. The molecule has 0 spiro atoms. The molecule has 7 rings (SSSR count). The Kier molecular flexibility index (Phi) is 34.3. The summed E-state index contributed by atoms with van der Waals surface area (Å²) >= 11 is 0. The molecule has 574 valence electrons. The van der Waals surface area contributed by atoms with Crippen LogP contribution in [0.5, 0.6) is 0 Å². The Morgan fingerprint density at radius 3 is 1.58 bits per heavy atom. The van der Waals surface area contributed by atoms with Crippen LogP contribution in [0.4, 0.5) is 5.69 Å². The van der Waals surface area contributed by atoms with Crippen LogP contribution in [0, 0.1) is 0 Å². The maximum atomic E-state index is 14.3. The van der Waals surface area contributed by atoms with E-state index in [1.54, 1.807) is 42.6 Å². The van der Waals surface area contributed by atoms with Gasteiger partial charge in [-0.1, -0.05) is 85.6 Å². The number of guanidine groups is 2. The van der Waals surface area contributed by atoms with Crippen molar-refractivity contribution in [3.05, 3.63) is 78.0 Å². The van der Waals surface area contributed by atoms with Crippen molar-refractivity contribution in [3.63, 3.8) is 0 Å². The van der Waals surface area contributed by atoms with E-state index in [4.69, 9.17) is 34.4 Å². The first-order chi connectivity index (χ1) is 50.6. The zero-order valence-electron chi connectivity index (χ0n) is 57.5. The summed E-state index contributed by atoms with van der Waals surface area (Å²) in [5.74, 6) is -11.8.